The quantitative estimate of drug-likeness (QED) is 0.844. The Balaban J connectivity index is 1.91. The van der Waals surface area contributed by atoms with Crippen LogP contribution in [0.5, 0.6) is 0 Å². The van der Waals surface area contributed by atoms with Crippen molar-refractivity contribution in [1.29, 1.82) is 5.26 Å². The minimum Gasteiger partial charge on any atom is -0.478 e. The van der Waals surface area contributed by atoms with Gasteiger partial charge in [-0.1, -0.05) is 0 Å². The zero-order chi connectivity index (χ0) is 20.6. The number of carbonyl (C=O) groups excluding carboxylic acids is 1. The summed E-state index contributed by atoms with van der Waals surface area (Å²) >= 11 is 0. The molecule has 1 fully saturated rings. The number of hydrogen-bond donors (Lipinski definition) is 1. The van der Waals surface area contributed by atoms with Crippen molar-refractivity contribution in [3.63, 3.8) is 0 Å². The Morgan fingerprint density at radius 2 is 1.89 bits per heavy atom. The van der Waals surface area contributed by atoms with Crippen LogP contribution in [0.15, 0.2) is 12.4 Å². The van der Waals surface area contributed by atoms with Crippen LogP contribution >= 0.6 is 0 Å². The number of ether oxygens (including phenoxy) is 1. The number of aromatic nitrogens is 2. The number of aryl methyl sites for hydroxylation is 1. The molecule has 0 saturated carbocycles. The molecule has 3 heterocycles. The standard InChI is InChI=1S/C19H23N5O4/c1-12-14(17(25)26)11-24-15(12)16(13(9-20)10-21-24)22-5-7-23(8-6-22)18(27)28-19(2,3)4/h10-11H,5-8H2,1-4H3,(H,25,26). The number of fused-ring (bicyclic) bond motifs is 1. The Hall–Kier alpha value is -3.28. The van der Waals surface area contributed by atoms with Gasteiger partial charge < -0.3 is 19.6 Å². The summed E-state index contributed by atoms with van der Waals surface area (Å²) in [7, 11) is 0. The fraction of sp³-hybridized carbons (Fsp3) is 0.474. The highest BCUT2D eigenvalue weighted by molar-refractivity contribution is 5.95. The first-order valence-corrected chi connectivity index (χ1v) is 8.99. The lowest BCUT2D eigenvalue weighted by Gasteiger charge is -2.37. The molecule has 2 aromatic rings. The zero-order valence-corrected chi connectivity index (χ0v) is 16.4. The van der Waals surface area contributed by atoms with Crippen LogP contribution in [0.2, 0.25) is 0 Å². The summed E-state index contributed by atoms with van der Waals surface area (Å²) in [6.45, 7) is 9.07. The van der Waals surface area contributed by atoms with Crippen LogP contribution in [-0.4, -0.2) is 63.5 Å². The monoisotopic (exact) mass is 385 g/mol. The molecule has 0 atom stereocenters. The number of carbonyl (C=O) groups is 2. The van der Waals surface area contributed by atoms with E-state index in [1.807, 2.05) is 25.7 Å². The van der Waals surface area contributed by atoms with Crippen molar-refractivity contribution in [2.24, 2.45) is 0 Å². The fourth-order valence-electron chi connectivity index (χ4n) is 3.33. The highest BCUT2D eigenvalue weighted by Gasteiger charge is 2.29. The van der Waals surface area contributed by atoms with E-state index in [4.69, 9.17) is 4.74 Å². The Bertz CT molecular complexity index is 975. The first kappa shape index (κ1) is 19.5. The number of nitrogens with zero attached hydrogens (tertiary/aromatic N) is 5. The summed E-state index contributed by atoms with van der Waals surface area (Å²) in [5.74, 6) is -1.04. The lowest BCUT2D eigenvalue weighted by atomic mass is 10.1. The van der Waals surface area contributed by atoms with Crippen molar-refractivity contribution in [3.05, 3.63) is 29.1 Å². The second-order valence-corrected chi connectivity index (χ2v) is 7.74. The second-order valence-electron chi connectivity index (χ2n) is 7.74. The molecule has 0 spiro atoms. The van der Waals surface area contributed by atoms with E-state index in [9.17, 15) is 20.0 Å². The Morgan fingerprint density at radius 1 is 1.25 bits per heavy atom. The minimum atomic E-state index is -1.04. The fourth-order valence-corrected chi connectivity index (χ4v) is 3.33. The topological polar surface area (TPSA) is 111 Å². The average Bonchev–Trinajstić information content (AvgIpc) is 2.97. The van der Waals surface area contributed by atoms with E-state index < -0.39 is 11.6 Å². The van der Waals surface area contributed by atoms with Crippen molar-refractivity contribution in [2.45, 2.75) is 33.3 Å². The van der Waals surface area contributed by atoms with Crippen LogP contribution in [0.3, 0.4) is 0 Å². The van der Waals surface area contributed by atoms with Crippen LogP contribution < -0.4 is 4.90 Å². The van der Waals surface area contributed by atoms with Crippen LogP contribution in [0.1, 0.15) is 42.3 Å². The molecule has 1 aliphatic rings. The van der Waals surface area contributed by atoms with E-state index in [0.717, 1.165) is 0 Å². The van der Waals surface area contributed by atoms with E-state index >= 15 is 0 Å². The van der Waals surface area contributed by atoms with E-state index in [0.29, 0.717) is 48.5 Å². The van der Waals surface area contributed by atoms with E-state index in [2.05, 4.69) is 11.2 Å². The lowest BCUT2D eigenvalue weighted by Crippen LogP contribution is -2.50. The van der Waals surface area contributed by atoms with Gasteiger partial charge in [-0.25, -0.2) is 14.1 Å². The van der Waals surface area contributed by atoms with Gasteiger partial charge in [-0.15, -0.1) is 0 Å². The van der Waals surface area contributed by atoms with Gasteiger partial charge >= 0.3 is 12.1 Å². The van der Waals surface area contributed by atoms with E-state index in [1.54, 1.807) is 11.8 Å². The molecule has 148 valence electrons. The average molecular weight is 385 g/mol. The molecule has 1 amide bonds. The molecule has 9 heteroatoms. The molecule has 1 N–H and O–H groups in total. The molecule has 9 nitrogen and oxygen atoms in total. The van der Waals surface area contributed by atoms with Crippen molar-refractivity contribution in [1.82, 2.24) is 14.5 Å². The third kappa shape index (κ3) is 3.58. The molecule has 0 bridgehead atoms. The second kappa shape index (κ2) is 7.03. The number of anilines is 1. The van der Waals surface area contributed by atoms with Crippen LogP contribution in [-0.2, 0) is 4.74 Å². The number of amides is 1. The lowest BCUT2D eigenvalue weighted by molar-refractivity contribution is 0.0240. The third-order valence-corrected chi connectivity index (χ3v) is 4.63. The van der Waals surface area contributed by atoms with Gasteiger partial charge in [0.15, 0.2) is 0 Å². The smallest absolute Gasteiger partial charge is 0.410 e. The van der Waals surface area contributed by atoms with E-state index in [-0.39, 0.29) is 11.7 Å². The number of carboxylic acids is 1. The van der Waals surface area contributed by atoms with Gasteiger partial charge in [-0.3, -0.25) is 0 Å². The molecule has 0 unspecified atom stereocenters. The van der Waals surface area contributed by atoms with Gasteiger partial charge in [0.25, 0.3) is 0 Å². The SMILES string of the molecule is Cc1c(C(=O)O)cn2ncc(C#N)c(N3CCN(C(=O)OC(C)(C)C)CC3)c12. The van der Waals surface area contributed by atoms with Crippen LogP contribution in [0.4, 0.5) is 10.5 Å². The summed E-state index contributed by atoms with van der Waals surface area (Å²) < 4.78 is 6.91. The molecule has 1 aliphatic heterocycles. The summed E-state index contributed by atoms with van der Waals surface area (Å²) in [5, 5.41) is 23.1. The first-order valence-electron chi connectivity index (χ1n) is 8.99. The highest BCUT2D eigenvalue weighted by Crippen LogP contribution is 2.31. The van der Waals surface area contributed by atoms with E-state index in [1.165, 1.54) is 16.9 Å². The molecule has 0 radical (unpaired) electrons. The maximum absolute atomic E-state index is 12.3. The molecule has 0 aliphatic carbocycles. The number of piperazine rings is 1. The van der Waals surface area contributed by atoms with Gasteiger partial charge in [-0.05, 0) is 33.3 Å². The minimum absolute atomic E-state index is 0.149. The summed E-state index contributed by atoms with van der Waals surface area (Å²) in [5.41, 5.74) is 1.76. The largest absolute Gasteiger partial charge is 0.478 e. The van der Waals surface area contributed by atoms with Crippen molar-refractivity contribution >= 4 is 23.3 Å². The maximum atomic E-state index is 12.3. The predicted molar refractivity (Wildman–Crippen MR) is 102 cm³/mol. The maximum Gasteiger partial charge on any atom is 0.410 e. The number of aromatic carboxylic acids is 1. The van der Waals surface area contributed by atoms with Gasteiger partial charge in [0.05, 0.1) is 28.5 Å². The van der Waals surface area contributed by atoms with Gasteiger partial charge in [-0.2, -0.15) is 10.4 Å². The Morgan fingerprint density at radius 3 is 2.43 bits per heavy atom. The number of nitriles is 1. The number of hydrogen-bond acceptors (Lipinski definition) is 6. The zero-order valence-electron chi connectivity index (χ0n) is 16.4. The molecular formula is C19H23N5O4. The summed E-state index contributed by atoms with van der Waals surface area (Å²) in [6.07, 6.45) is 2.53. The number of carboxylic acid groups (broad SMARTS) is 1. The van der Waals surface area contributed by atoms with Gasteiger partial charge in [0.2, 0.25) is 0 Å². The number of rotatable bonds is 2. The third-order valence-electron chi connectivity index (χ3n) is 4.63. The predicted octanol–water partition coefficient (Wildman–Crippen LogP) is 2.27. The molecule has 28 heavy (non-hydrogen) atoms. The van der Waals surface area contributed by atoms with Gasteiger partial charge in [0, 0.05) is 32.4 Å². The molecule has 3 rings (SSSR count). The van der Waals surface area contributed by atoms with Crippen molar-refractivity contribution in [3.8, 4) is 6.07 Å². The highest BCUT2D eigenvalue weighted by atomic mass is 16.6. The molecular weight excluding hydrogens is 362 g/mol. The van der Waals surface area contributed by atoms with Crippen molar-refractivity contribution < 1.29 is 19.4 Å². The molecule has 2 aromatic heterocycles. The Labute approximate surface area is 162 Å². The van der Waals surface area contributed by atoms with Crippen molar-refractivity contribution in [2.75, 3.05) is 31.1 Å². The summed E-state index contributed by atoms with van der Waals surface area (Å²) in [4.78, 5) is 27.4. The summed E-state index contributed by atoms with van der Waals surface area (Å²) in [6, 6.07) is 2.15. The Kier molecular flexibility index (Phi) is 4.89. The van der Waals surface area contributed by atoms with Crippen LogP contribution in [0, 0.1) is 18.3 Å². The molecule has 0 aromatic carbocycles. The normalized spacial score (nSPS) is 14.8. The molecule has 1 saturated heterocycles. The van der Waals surface area contributed by atoms with Crippen LogP contribution in [0.25, 0.3) is 5.52 Å². The van der Waals surface area contributed by atoms with Gasteiger partial charge in [0.1, 0.15) is 11.7 Å². The first-order chi connectivity index (χ1) is 13.1.